The molecule has 0 radical (unpaired) electrons. The van der Waals surface area contributed by atoms with Gasteiger partial charge in [0.05, 0.1) is 14.6 Å². The second-order valence-corrected chi connectivity index (χ2v) is 10.2. The number of likely N-dealkylation sites (N-methyl/N-ethyl adjacent to an activating group) is 1. The van der Waals surface area contributed by atoms with Crippen molar-refractivity contribution in [1.82, 2.24) is 13.9 Å². The SMILES string of the molecule is C=S(=O)(/C(C=NCC)=C\C)N1CC[C@@H](CC)[C@@H](N(C)c2ccnc3c2ccn3C)C1. The summed E-state index contributed by atoms with van der Waals surface area (Å²) in [6.07, 6.45) is 9.64. The first-order chi connectivity index (χ1) is 14.3. The molecule has 1 fully saturated rings. The molecule has 0 saturated carbocycles. The molecule has 2 aromatic heterocycles. The lowest BCUT2D eigenvalue weighted by Gasteiger charge is -2.44. The van der Waals surface area contributed by atoms with Gasteiger partial charge in [0.2, 0.25) is 0 Å². The molecule has 0 N–H and O–H groups in total. The van der Waals surface area contributed by atoms with Crippen LogP contribution in [0.5, 0.6) is 0 Å². The Kier molecular flexibility index (Phi) is 7.03. The highest BCUT2D eigenvalue weighted by Crippen LogP contribution is 2.33. The molecule has 7 heteroatoms. The largest absolute Gasteiger partial charge is 0.369 e. The predicted octanol–water partition coefficient (Wildman–Crippen LogP) is 3.74. The van der Waals surface area contributed by atoms with Crippen molar-refractivity contribution in [1.29, 1.82) is 0 Å². The van der Waals surface area contributed by atoms with E-state index in [0.29, 0.717) is 19.0 Å². The number of aryl methyl sites for hydroxylation is 1. The van der Waals surface area contributed by atoms with E-state index in [1.807, 2.05) is 43.9 Å². The molecule has 3 rings (SSSR count). The molecule has 164 valence electrons. The van der Waals surface area contributed by atoms with E-state index in [4.69, 9.17) is 0 Å². The van der Waals surface area contributed by atoms with Crippen molar-refractivity contribution >= 4 is 38.5 Å². The summed E-state index contributed by atoms with van der Waals surface area (Å²) in [4.78, 5) is 11.9. The number of rotatable bonds is 7. The second-order valence-electron chi connectivity index (χ2n) is 7.98. The van der Waals surface area contributed by atoms with Gasteiger partial charge in [-0.1, -0.05) is 19.4 Å². The van der Waals surface area contributed by atoms with Crippen LogP contribution in [0.25, 0.3) is 11.0 Å². The number of hydrogen-bond donors (Lipinski definition) is 0. The Labute approximate surface area is 181 Å². The fourth-order valence-electron chi connectivity index (χ4n) is 4.44. The maximum absolute atomic E-state index is 13.7. The molecule has 0 aromatic carbocycles. The third kappa shape index (κ3) is 4.18. The average Bonchev–Trinajstić information content (AvgIpc) is 3.14. The molecule has 0 bridgehead atoms. The summed E-state index contributed by atoms with van der Waals surface area (Å²) < 4.78 is 17.8. The van der Waals surface area contributed by atoms with E-state index in [9.17, 15) is 4.21 Å². The molecule has 2 aromatic rings. The number of anilines is 1. The lowest BCUT2D eigenvalue weighted by atomic mass is 9.89. The molecule has 1 saturated heterocycles. The first-order valence-corrected chi connectivity index (χ1v) is 12.4. The molecule has 0 amide bonds. The minimum atomic E-state index is -2.56. The van der Waals surface area contributed by atoms with Crippen LogP contribution in [0.1, 0.15) is 33.6 Å². The number of nitrogens with zero attached hydrogens (tertiary/aromatic N) is 5. The molecule has 0 spiro atoms. The van der Waals surface area contributed by atoms with E-state index < -0.39 is 9.71 Å². The summed E-state index contributed by atoms with van der Waals surface area (Å²) in [5.41, 5.74) is 2.15. The van der Waals surface area contributed by atoms with Crippen LogP contribution in [0.2, 0.25) is 0 Å². The van der Waals surface area contributed by atoms with Gasteiger partial charge >= 0.3 is 0 Å². The number of aromatic nitrogens is 2. The Bertz CT molecular complexity index is 1040. The molecule has 3 atom stereocenters. The zero-order valence-corrected chi connectivity index (χ0v) is 19.7. The summed E-state index contributed by atoms with van der Waals surface area (Å²) >= 11 is 0. The molecule has 30 heavy (non-hydrogen) atoms. The lowest BCUT2D eigenvalue weighted by Crippen LogP contribution is -2.53. The van der Waals surface area contributed by atoms with E-state index in [0.717, 1.165) is 35.3 Å². The zero-order chi connectivity index (χ0) is 21.9. The summed E-state index contributed by atoms with van der Waals surface area (Å²) in [7, 11) is 1.61. The maximum Gasteiger partial charge on any atom is 0.141 e. The summed E-state index contributed by atoms with van der Waals surface area (Å²) in [5.74, 6) is 4.68. The number of piperidine rings is 1. The lowest BCUT2D eigenvalue weighted by molar-refractivity contribution is 0.236. The Morgan fingerprint density at radius 2 is 2.20 bits per heavy atom. The van der Waals surface area contributed by atoms with Crippen molar-refractivity contribution in [2.75, 3.05) is 31.6 Å². The van der Waals surface area contributed by atoms with E-state index in [-0.39, 0.29) is 6.04 Å². The van der Waals surface area contributed by atoms with Gasteiger partial charge < -0.3 is 9.47 Å². The molecule has 6 nitrogen and oxygen atoms in total. The number of hydrogen-bond acceptors (Lipinski definition) is 4. The van der Waals surface area contributed by atoms with Crippen molar-refractivity contribution in [2.45, 2.75) is 39.7 Å². The van der Waals surface area contributed by atoms with Crippen molar-refractivity contribution in [3.8, 4) is 0 Å². The normalized spacial score (nSPS) is 23.2. The molecular formula is C23H35N5OS. The van der Waals surface area contributed by atoms with Crippen molar-refractivity contribution in [2.24, 2.45) is 18.0 Å². The van der Waals surface area contributed by atoms with Crippen molar-refractivity contribution in [3.63, 3.8) is 0 Å². The monoisotopic (exact) mass is 429 g/mol. The fraction of sp³-hybridized carbons (Fsp3) is 0.522. The Balaban J connectivity index is 1.93. The fourth-order valence-corrected chi connectivity index (χ4v) is 6.14. The number of pyridine rings is 1. The minimum absolute atomic E-state index is 0.248. The first-order valence-electron chi connectivity index (χ1n) is 10.8. The third-order valence-corrected chi connectivity index (χ3v) is 8.55. The van der Waals surface area contributed by atoms with E-state index >= 15 is 0 Å². The third-order valence-electron chi connectivity index (χ3n) is 6.30. The van der Waals surface area contributed by atoms with Gasteiger partial charge in [0, 0.05) is 69.5 Å². The predicted molar refractivity (Wildman–Crippen MR) is 131 cm³/mol. The topological polar surface area (TPSA) is 53.7 Å². The summed E-state index contributed by atoms with van der Waals surface area (Å²) in [5, 5.41) is 1.15. The van der Waals surface area contributed by atoms with Crippen LogP contribution in [-0.2, 0) is 16.8 Å². The van der Waals surface area contributed by atoms with Crippen LogP contribution in [-0.4, -0.2) is 62.9 Å². The van der Waals surface area contributed by atoms with E-state index in [1.54, 1.807) is 6.21 Å². The molecular weight excluding hydrogens is 394 g/mol. The van der Waals surface area contributed by atoms with Crippen LogP contribution >= 0.6 is 0 Å². The Hall–Kier alpha value is -2.12. The Morgan fingerprint density at radius 3 is 2.87 bits per heavy atom. The minimum Gasteiger partial charge on any atom is -0.369 e. The van der Waals surface area contributed by atoms with Gasteiger partial charge in [0.25, 0.3) is 0 Å². The smallest absolute Gasteiger partial charge is 0.141 e. The molecule has 1 aliphatic rings. The van der Waals surface area contributed by atoms with Crippen LogP contribution in [0.3, 0.4) is 0 Å². The highest BCUT2D eigenvalue weighted by Gasteiger charge is 2.35. The highest BCUT2D eigenvalue weighted by molar-refractivity contribution is 8.02. The Morgan fingerprint density at radius 1 is 1.43 bits per heavy atom. The standard InChI is InChI=1S/C23H35N5OS/c1-7-18-11-15-28(30(6,29)19(8-2)16-24-9-3)17-22(18)27(5)21-10-13-25-23-20(21)12-14-26(23)4/h8,10,12-14,16,18,22H,6-7,9,11,15,17H2,1-5H3/b19-8-,24-16?/t18-,22+,30?/m1/s1. The first kappa shape index (κ1) is 22.6. The van der Waals surface area contributed by atoms with Crippen molar-refractivity contribution in [3.05, 3.63) is 35.5 Å². The molecule has 3 heterocycles. The van der Waals surface area contributed by atoms with Gasteiger partial charge in [-0.05, 0) is 44.2 Å². The van der Waals surface area contributed by atoms with Gasteiger partial charge in [-0.15, -0.1) is 0 Å². The quantitative estimate of drug-likeness (QED) is 0.498. The van der Waals surface area contributed by atoms with Gasteiger partial charge in [-0.2, -0.15) is 0 Å². The van der Waals surface area contributed by atoms with Gasteiger partial charge in [-0.25, -0.2) is 13.5 Å². The van der Waals surface area contributed by atoms with Gasteiger partial charge in [-0.3, -0.25) is 4.99 Å². The molecule has 1 aliphatic heterocycles. The van der Waals surface area contributed by atoms with Crippen LogP contribution in [0.4, 0.5) is 5.69 Å². The highest BCUT2D eigenvalue weighted by atomic mass is 32.2. The molecule has 1 unspecified atom stereocenters. The van der Waals surface area contributed by atoms with Crippen LogP contribution in [0.15, 0.2) is 40.5 Å². The summed E-state index contributed by atoms with van der Waals surface area (Å²) in [6.45, 7) is 8.31. The number of allylic oxidation sites excluding steroid dienone is 2. The van der Waals surface area contributed by atoms with Gasteiger partial charge in [0.1, 0.15) is 5.65 Å². The average molecular weight is 430 g/mol. The van der Waals surface area contributed by atoms with E-state index in [1.165, 1.54) is 5.69 Å². The van der Waals surface area contributed by atoms with Crippen LogP contribution < -0.4 is 4.90 Å². The van der Waals surface area contributed by atoms with E-state index in [2.05, 4.69) is 51.2 Å². The number of fused-ring (bicyclic) bond motifs is 1. The maximum atomic E-state index is 13.7. The van der Waals surface area contributed by atoms with Gasteiger partial charge in [0.15, 0.2) is 0 Å². The van der Waals surface area contributed by atoms with Crippen LogP contribution in [0, 0.1) is 5.92 Å². The summed E-state index contributed by atoms with van der Waals surface area (Å²) in [6, 6.07) is 4.46. The molecule has 0 aliphatic carbocycles. The number of aliphatic imine (C=N–C) groups is 1. The van der Waals surface area contributed by atoms with Crippen molar-refractivity contribution < 1.29 is 4.21 Å². The zero-order valence-electron chi connectivity index (χ0n) is 18.9. The second kappa shape index (κ2) is 9.35.